The van der Waals surface area contributed by atoms with Crippen LogP contribution in [0.1, 0.15) is 22.5 Å². The minimum Gasteiger partial charge on any atom is -0.357 e. The van der Waals surface area contributed by atoms with E-state index in [4.69, 9.17) is 0 Å². The summed E-state index contributed by atoms with van der Waals surface area (Å²) in [6.07, 6.45) is 1.86. The molecule has 2 N–H and O–H groups in total. The Morgan fingerprint density at radius 2 is 2.00 bits per heavy atom. The molecule has 118 valence electrons. The third-order valence-corrected chi connectivity index (χ3v) is 3.83. The molecule has 0 saturated carbocycles. The number of hydrogen-bond donors (Lipinski definition) is 2. The highest BCUT2D eigenvalue weighted by Gasteiger charge is 2.04. The highest BCUT2D eigenvalue weighted by molar-refractivity contribution is 5.78. The second-order valence-electron chi connectivity index (χ2n) is 5.70. The van der Waals surface area contributed by atoms with Gasteiger partial charge in [0.05, 0.1) is 0 Å². The number of aromatic nitrogens is 2. The van der Waals surface area contributed by atoms with Crippen LogP contribution in [-0.4, -0.2) is 9.97 Å². The predicted octanol–water partition coefficient (Wildman–Crippen LogP) is 2.97. The topological polar surface area (TPSA) is 57.8 Å². The van der Waals surface area contributed by atoms with Crippen molar-refractivity contribution in [3.63, 3.8) is 0 Å². The Morgan fingerprint density at radius 3 is 2.78 bits per heavy atom. The van der Waals surface area contributed by atoms with E-state index in [2.05, 4.69) is 22.2 Å². The van der Waals surface area contributed by atoms with Crippen molar-refractivity contribution in [1.82, 2.24) is 15.3 Å². The molecule has 0 bridgehead atoms. The standard InChI is InChI=1S/C18H18FN3O/c1-11-5-12(2)21-9-13(11)8-20-10-15-7-18(23)16-6-14(19)3-4-17(16)22-15/h3-7,9,20H,8,10H2,1-2H3,(H,22,23). The van der Waals surface area contributed by atoms with Crippen LogP contribution in [0, 0.1) is 19.7 Å². The molecule has 4 nitrogen and oxygen atoms in total. The third kappa shape index (κ3) is 3.46. The van der Waals surface area contributed by atoms with Crippen LogP contribution in [0.15, 0.2) is 41.3 Å². The smallest absolute Gasteiger partial charge is 0.189 e. The summed E-state index contributed by atoms with van der Waals surface area (Å²) >= 11 is 0. The normalized spacial score (nSPS) is 11.1. The minimum atomic E-state index is -0.406. The summed E-state index contributed by atoms with van der Waals surface area (Å²) in [6.45, 7) is 5.21. The van der Waals surface area contributed by atoms with Crippen molar-refractivity contribution in [3.8, 4) is 0 Å². The first-order valence-corrected chi connectivity index (χ1v) is 7.47. The fourth-order valence-corrected chi connectivity index (χ4v) is 2.61. The van der Waals surface area contributed by atoms with Gasteiger partial charge >= 0.3 is 0 Å². The molecule has 5 heteroatoms. The van der Waals surface area contributed by atoms with E-state index in [0.29, 0.717) is 24.0 Å². The number of rotatable bonds is 4. The lowest BCUT2D eigenvalue weighted by molar-refractivity contribution is 0.629. The Balaban J connectivity index is 1.74. The summed E-state index contributed by atoms with van der Waals surface area (Å²) in [5.74, 6) is -0.406. The zero-order valence-corrected chi connectivity index (χ0v) is 13.1. The largest absolute Gasteiger partial charge is 0.357 e. The van der Waals surface area contributed by atoms with Crippen molar-refractivity contribution in [2.24, 2.45) is 0 Å². The minimum absolute atomic E-state index is 0.178. The van der Waals surface area contributed by atoms with Gasteiger partial charge in [0.25, 0.3) is 0 Å². The Kier molecular flexibility index (Phi) is 4.21. The van der Waals surface area contributed by atoms with Gasteiger partial charge in [-0.2, -0.15) is 0 Å². The van der Waals surface area contributed by atoms with Gasteiger partial charge in [0, 0.05) is 47.6 Å². The van der Waals surface area contributed by atoms with Crippen LogP contribution < -0.4 is 10.7 Å². The molecule has 0 aliphatic heterocycles. The zero-order valence-electron chi connectivity index (χ0n) is 13.1. The number of H-pyrrole nitrogens is 1. The van der Waals surface area contributed by atoms with Crippen LogP contribution in [-0.2, 0) is 13.1 Å². The number of aryl methyl sites for hydroxylation is 2. The molecule has 0 fully saturated rings. The van der Waals surface area contributed by atoms with Crippen LogP contribution in [0.3, 0.4) is 0 Å². The molecule has 0 radical (unpaired) electrons. The molecule has 0 atom stereocenters. The molecular formula is C18H18FN3O. The van der Waals surface area contributed by atoms with Crippen molar-refractivity contribution >= 4 is 10.9 Å². The van der Waals surface area contributed by atoms with Gasteiger partial charge in [-0.3, -0.25) is 9.78 Å². The maximum absolute atomic E-state index is 13.2. The van der Waals surface area contributed by atoms with Gasteiger partial charge in [0.2, 0.25) is 0 Å². The van der Waals surface area contributed by atoms with Crippen molar-refractivity contribution < 1.29 is 4.39 Å². The second kappa shape index (κ2) is 6.30. The molecule has 0 saturated heterocycles. The highest BCUT2D eigenvalue weighted by Crippen LogP contribution is 2.11. The van der Waals surface area contributed by atoms with Gasteiger partial charge in [-0.15, -0.1) is 0 Å². The maximum atomic E-state index is 13.2. The first-order valence-electron chi connectivity index (χ1n) is 7.47. The summed E-state index contributed by atoms with van der Waals surface area (Å²) in [7, 11) is 0. The van der Waals surface area contributed by atoms with E-state index in [-0.39, 0.29) is 5.43 Å². The van der Waals surface area contributed by atoms with Crippen molar-refractivity contribution in [1.29, 1.82) is 0 Å². The van der Waals surface area contributed by atoms with E-state index in [1.54, 1.807) is 6.07 Å². The van der Waals surface area contributed by atoms with E-state index in [0.717, 1.165) is 17.0 Å². The fourth-order valence-electron chi connectivity index (χ4n) is 2.61. The van der Waals surface area contributed by atoms with E-state index in [1.807, 2.05) is 19.2 Å². The molecule has 3 rings (SSSR count). The zero-order chi connectivity index (χ0) is 16.4. The summed E-state index contributed by atoms with van der Waals surface area (Å²) in [5, 5.41) is 3.67. The number of fused-ring (bicyclic) bond motifs is 1. The predicted molar refractivity (Wildman–Crippen MR) is 88.8 cm³/mol. The average molecular weight is 311 g/mol. The molecular weight excluding hydrogens is 293 g/mol. The van der Waals surface area contributed by atoms with E-state index in [9.17, 15) is 9.18 Å². The van der Waals surface area contributed by atoms with Crippen LogP contribution in [0.2, 0.25) is 0 Å². The summed E-state index contributed by atoms with van der Waals surface area (Å²) < 4.78 is 13.2. The third-order valence-electron chi connectivity index (χ3n) is 3.83. The lowest BCUT2D eigenvalue weighted by Crippen LogP contribution is -2.17. The summed E-state index contributed by atoms with van der Waals surface area (Å²) in [4.78, 5) is 19.5. The Morgan fingerprint density at radius 1 is 1.17 bits per heavy atom. The Labute approximate surface area is 133 Å². The number of halogens is 1. The van der Waals surface area contributed by atoms with Gasteiger partial charge in [0.15, 0.2) is 5.43 Å². The Hall–Kier alpha value is -2.53. The molecule has 3 aromatic rings. The van der Waals surface area contributed by atoms with Gasteiger partial charge in [-0.1, -0.05) is 0 Å². The molecule has 0 unspecified atom stereocenters. The summed E-state index contributed by atoms with van der Waals surface area (Å²) in [5.41, 5.74) is 4.55. The molecule has 2 heterocycles. The fraction of sp³-hybridized carbons (Fsp3) is 0.222. The van der Waals surface area contributed by atoms with Gasteiger partial charge in [0.1, 0.15) is 5.82 Å². The lowest BCUT2D eigenvalue weighted by atomic mass is 10.1. The molecule has 23 heavy (non-hydrogen) atoms. The van der Waals surface area contributed by atoms with Crippen LogP contribution in [0.25, 0.3) is 10.9 Å². The number of nitrogens with one attached hydrogen (secondary N) is 2. The molecule has 0 aliphatic carbocycles. The van der Waals surface area contributed by atoms with Crippen molar-refractivity contribution in [3.05, 3.63) is 75.1 Å². The van der Waals surface area contributed by atoms with Crippen LogP contribution >= 0.6 is 0 Å². The highest BCUT2D eigenvalue weighted by atomic mass is 19.1. The van der Waals surface area contributed by atoms with Crippen molar-refractivity contribution in [2.45, 2.75) is 26.9 Å². The van der Waals surface area contributed by atoms with Gasteiger partial charge in [-0.05, 0) is 49.2 Å². The molecule has 0 spiro atoms. The first kappa shape index (κ1) is 15.4. The number of aromatic amines is 1. The lowest BCUT2D eigenvalue weighted by Gasteiger charge is -2.09. The van der Waals surface area contributed by atoms with Crippen LogP contribution in [0.4, 0.5) is 4.39 Å². The van der Waals surface area contributed by atoms with Gasteiger partial charge in [-0.25, -0.2) is 4.39 Å². The average Bonchev–Trinajstić information content (AvgIpc) is 2.50. The molecule has 2 aromatic heterocycles. The molecule has 0 aliphatic rings. The Bertz CT molecular complexity index is 918. The first-order chi connectivity index (χ1) is 11.0. The number of hydrogen-bond acceptors (Lipinski definition) is 3. The van der Waals surface area contributed by atoms with Crippen molar-refractivity contribution in [2.75, 3.05) is 0 Å². The second-order valence-corrected chi connectivity index (χ2v) is 5.70. The number of pyridine rings is 2. The van der Waals surface area contributed by atoms with Crippen LogP contribution in [0.5, 0.6) is 0 Å². The number of benzene rings is 1. The van der Waals surface area contributed by atoms with E-state index < -0.39 is 5.82 Å². The molecule has 1 aromatic carbocycles. The monoisotopic (exact) mass is 311 g/mol. The maximum Gasteiger partial charge on any atom is 0.189 e. The summed E-state index contributed by atoms with van der Waals surface area (Å²) in [6, 6.07) is 7.74. The number of nitrogens with zero attached hydrogens (tertiary/aromatic N) is 1. The van der Waals surface area contributed by atoms with Gasteiger partial charge < -0.3 is 10.3 Å². The van der Waals surface area contributed by atoms with E-state index >= 15 is 0 Å². The quantitative estimate of drug-likeness (QED) is 0.779. The SMILES string of the molecule is Cc1cc(C)c(CNCc2cc(=O)c3cc(F)ccc3[nH]2)cn1. The van der Waals surface area contributed by atoms with E-state index in [1.165, 1.54) is 23.8 Å². The molecule has 0 amide bonds.